The molecule has 0 unspecified atom stereocenters. The monoisotopic (exact) mass is 284 g/mol. The highest BCUT2D eigenvalue weighted by Crippen LogP contribution is 2.30. The summed E-state index contributed by atoms with van der Waals surface area (Å²) in [6.45, 7) is 2.28. The van der Waals surface area contributed by atoms with Crippen molar-refractivity contribution in [3.8, 4) is 0 Å². The number of aromatic nitrogens is 2. The molecule has 3 N–H and O–H groups in total. The van der Waals surface area contributed by atoms with E-state index >= 15 is 0 Å². The van der Waals surface area contributed by atoms with Gasteiger partial charge in [0.15, 0.2) is 0 Å². The van der Waals surface area contributed by atoms with Gasteiger partial charge in [0.1, 0.15) is 12.1 Å². The fourth-order valence-electron chi connectivity index (χ4n) is 3.39. The smallest absolute Gasteiger partial charge is 0.137 e. The van der Waals surface area contributed by atoms with Gasteiger partial charge in [-0.25, -0.2) is 9.97 Å². The predicted molar refractivity (Wildman–Crippen MR) is 88.2 cm³/mol. The summed E-state index contributed by atoms with van der Waals surface area (Å²) in [5.74, 6) is 1.84. The van der Waals surface area contributed by atoms with Crippen molar-refractivity contribution in [2.24, 2.45) is 5.92 Å². The Hall–Kier alpha value is -1.84. The van der Waals surface area contributed by atoms with Gasteiger partial charge < -0.3 is 11.1 Å². The largest absolute Gasteiger partial charge is 0.399 e. The molecule has 1 heterocycles. The molecule has 4 heteroatoms. The standard InChI is InChI=1S/C17H24N4/c1-2-3-12-4-7-14(8-5-12)21-17-15-10-13(18)6-9-16(15)19-11-20-17/h6,9-12,14H,2-5,7-8,18H2,1H3,(H,19,20,21). The molecule has 1 aliphatic rings. The van der Waals surface area contributed by atoms with E-state index in [9.17, 15) is 0 Å². The van der Waals surface area contributed by atoms with Crippen LogP contribution >= 0.6 is 0 Å². The lowest BCUT2D eigenvalue weighted by atomic mass is 9.83. The number of nitrogens with zero attached hydrogens (tertiary/aromatic N) is 2. The molecule has 0 atom stereocenters. The Morgan fingerprint density at radius 2 is 2.00 bits per heavy atom. The third kappa shape index (κ3) is 3.26. The van der Waals surface area contributed by atoms with Crippen LogP contribution in [-0.4, -0.2) is 16.0 Å². The molecule has 4 nitrogen and oxygen atoms in total. The Bertz CT molecular complexity index is 603. The van der Waals surface area contributed by atoms with Crippen molar-refractivity contribution in [3.05, 3.63) is 24.5 Å². The van der Waals surface area contributed by atoms with Crippen LogP contribution in [0.15, 0.2) is 24.5 Å². The summed E-state index contributed by atoms with van der Waals surface area (Å²) in [6, 6.07) is 6.32. The van der Waals surface area contributed by atoms with Crippen molar-refractivity contribution in [1.82, 2.24) is 9.97 Å². The molecule has 1 aliphatic carbocycles. The van der Waals surface area contributed by atoms with Gasteiger partial charge in [-0.05, 0) is 49.8 Å². The van der Waals surface area contributed by atoms with E-state index in [1.165, 1.54) is 38.5 Å². The molecule has 21 heavy (non-hydrogen) atoms. The SMILES string of the molecule is CCCC1CCC(Nc2ncnc3ccc(N)cc23)CC1. The van der Waals surface area contributed by atoms with Crippen LogP contribution in [-0.2, 0) is 0 Å². The third-order valence-electron chi connectivity index (χ3n) is 4.54. The minimum Gasteiger partial charge on any atom is -0.399 e. The first-order valence-electron chi connectivity index (χ1n) is 8.03. The maximum atomic E-state index is 5.89. The summed E-state index contributed by atoms with van der Waals surface area (Å²) in [6.07, 6.45) is 9.44. The number of benzene rings is 1. The predicted octanol–water partition coefficient (Wildman–Crippen LogP) is 3.98. The quantitative estimate of drug-likeness (QED) is 0.833. The fraction of sp³-hybridized carbons (Fsp3) is 0.529. The normalized spacial score (nSPS) is 22.3. The van der Waals surface area contributed by atoms with Crippen molar-refractivity contribution in [2.45, 2.75) is 51.5 Å². The minimum atomic E-state index is 0.526. The number of hydrogen-bond donors (Lipinski definition) is 2. The number of fused-ring (bicyclic) bond motifs is 1. The zero-order valence-electron chi connectivity index (χ0n) is 12.7. The van der Waals surface area contributed by atoms with Gasteiger partial charge in [-0.1, -0.05) is 19.8 Å². The molecule has 0 saturated heterocycles. The Labute approximate surface area is 126 Å². The first kappa shape index (κ1) is 14.1. The highest BCUT2D eigenvalue weighted by molar-refractivity contribution is 5.91. The summed E-state index contributed by atoms with van der Waals surface area (Å²) in [4.78, 5) is 8.73. The number of nitrogens with two attached hydrogens (primary N) is 1. The summed E-state index contributed by atoms with van der Waals surface area (Å²) in [5, 5.41) is 4.63. The second kappa shape index (κ2) is 6.29. The number of rotatable bonds is 4. The summed E-state index contributed by atoms with van der Waals surface area (Å²) < 4.78 is 0. The topological polar surface area (TPSA) is 63.8 Å². The number of hydrogen-bond acceptors (Lipinski definition) is 4. The molecule has 1 aromatic carbocycles. The second-order valence-electron chi connectivity index (χ2n) is 6.15. The van der Waals surface area contributed by atoms with Crippen molar-refractivity contribution in [3.63, 3.8) is 0 Å². The average molecular weight is 284 g/mol. The molecular formula is C17H24N4. The van der Waals surface area contributed by atoms with E-state index in [0.717, 1.165) is 28.3 Å². The molecule has 112 valence electrons. The maximum absolute atomic E-state index is 5.89. The molecule has 1 fully saturated rings. The van der Waals surface area contributed by atoms with E-state index in [0.29, 0.717) is 6.04 Å². The molecule has 0 radical (unpaired) electrons. The number of nitrogens with one attached hydrogen (secondary N) is 1. The zero-order chi connectivity index (χ0) is 14.7. The van der Waals surface area contributed by atoms with Gasteiger partial charge in [-0.15, -0.1) is 0 Å². The van der Waals surface area contributed by atoms with E-state index in [-0.39, 0.29) is 0 Å². The number of nitrogen functional groups attached to an aromatic ring is 1. The average Bonchev–Trinajstić information content (AvgIpc) is 2.50. The molecular weight excluding hydrogens is 260 g/mol. The first-order valence-corrected chi connectivity index (χ1v) is 8.03. The van der Waals surface area contributed by atoms with Crippen LogP contribution in [0.5, 0.6) is 0 Å². The van der Waals surface area contributed by atoms with Crippen molar-refractivity contribution in [2.75, 3.05) is 11.1 Å². The molecule has 0 amide bonds. The van der Waals surface area contributed by atoms with Gasteiger partial charge in [0.25, 0.3) is 0 Å². The van der Waals surface area contributed by atoms with Crippen molar-refractivity contribution < 1.29 is 0 Å². The molecule has 3 rings (SSSR count). The van der Waals surface area contributed by atoms with Crippen LogP contribution in [0.4, 0.5) is 11.5 Å². The van der Waals surface area contributed by atoms with Gasteiger partial charge in [0.05, 0.1) is 5.52 Å². The van der Waals surface area contributed by atoms with E-state index in [1.807, 2.05) is 18.2 Å². The fourth-order valence-corrected chi connectivity index (χ4v) is 3.39. The maximum Gasteiger partial charge on any atom is 0.137 e. The molecule has 0 spiro atoms. The lowest BCUT2D eigenvalue weighted by Gasteiger charge is -2.29. The molecule has 0 aliphatic heterocycles. The van der Waals surface area contributed by atoms with Gasteiger partial charge in [0, 0.05) is 17.1 Å². The van der Waals surface area contributed by atoms with Crippen LogP contribution in [0, 0.1) is 5.92 Å². The lowest BCUT2D eigenvalue weighted by Crippen LogP contribution is -2.26. The molecule has 1 saturated carbocycles. The van der Waals surface area contributed by atoms with E-state index in [4.69, 9.17) is 5.73 Å². The Morgan fingerprint density at radius 3 is 2.76 bits per heavy atom. The Balaban J connectivity index is 1.72. The summed E-state index contributed by atoms with van der Waals surface area (Å²) >= 11 is 0. The summed E-state index contributed by atoms with van der Waals surface area (Å²) in [5.41, 5.74) is 7.60. The first-order chi connectivity index (χ1) is 10.3. The van der Waals surface area contributed by atoms with Crippen molar-refractivity contribution >= 4 is 22.4 Å². The lowest BCUT2D eigenvalue weighted by molar-refractivity contribution is 0.318. The van der Waals surface area contributed by atoms with Gasteiger partial charge >= 0.3 is 0 Å². The van der Waals surface area contributed by atoms with Gasteiger partial charge in [-0.2, -0.15) is 0 Å². The van der Waals surface area contributed by atoms with E-state index in [1.54, 1.807) is 6.33 Å². The van der Waals surface area contributed by atoms with Crippen LogP contribution in [0.3, 0.4) is 0 Å². The highest BCUT2D eigenvalue weighted by Gasteiger charge is 2.21. The van der Waals surface area contributed by atoms with Gasteiger partial charge in [0.2, 0.25) is 0 Å². The molecule has 2 aromatic rings. The van der Waals surface area contributed by atoms with Crippen LogP contribution in [0.1, 0.15) is 45.4 Å². The highest BCUT2D eigenvalue weighted by atomic mass is 15.0. The molecule has 1 aromatic heterocycles. The second-order valence-corrected chi connectivity index (χ2v) is 6.15. The zero-order valence-corrected chi connectivity index (χ0v) is 12.7. The van der Waals surface area contributed by atoms with Crippen LogP contribution < -0.4 is 11.1 Å². The minimum absolute atomic E-state index is 0.526. The van der Waals surface area contributed by atoms with Crippen molar-refractivity contribution in [1.29, 1.82) is 0 Å². The van der Waals surface area contributed by atoms with E-state index < -0.39 is 0 Å². The third-order valence-corrected chi connectivity index (χ3v) is 4.54. The van der Waals surface area contributed by atoms with E-state index in [2.05, 4.69) is 22.2 Å². The van der Waals surface area contributed by atoms with Crippen LogP contribution in [0.25, 0.3) is 10.9 Å². The number of anilines is 2. The molecule has 0 bridgehead atoms. The van der Waals surface area contributed by atoms with Crippen LogP contribution in [0.2, 0.25) is 0 Å². The Kier molecular flexibility index (Phi) is 4.23. The Morgan fingerprint density at radius 1 is 1.19 bits per heavy atom. The van der Waals surface area contributed by atoms with Gasteiger partial charge in [-0.3, -0.25) is 0 Å². The summed E-state index contributed by atoms with van der Waals surface area (Å²) in [7, 11) is 0.